The Labute approximate surface area is 61.2 Å². The molecule has 0 aromatic rings. The summed E-state index contributed by atoms with van der Waals surface area (Å²) in [7, 11) is -3.37. The van der Waals surface area contributed by atoms with Crippen LogP contribution in [-0.2, 0) is 4.79 Å². The molecule has 62 valence electrons. The van der Waals surface area contributed by atoms with Crippen molar-refractivity contribution >= 4 is 16.9 Å². The van der Waals surface area contributed by atoms with E-state index in [1.54, 1.807) is 13.8 Å². The molecular formula is C4H12N2O3S. The number of amides is 1. The summed E-state index contributed by atoms with van der Waals surface area (Å²) in [6.45, 7) is 3.25. The van der Waals surface area contributed by atoms with E-state index in [2.05, 4.69) is 0 Å². The van der Waals surface area contributed by atoms with Gasteiger partial charge in [-0.05, 0) is 0 Å². The Balaban J connectivity index is 3.81. The molecule has 0 aromatic heterocycles. The molecule has 0 radical (unpaired) electrons. The molecule has 1 amide bonds. The molecule has 5 nitrogen and oxygen atoms in total. The molecule has 0 heterocycles. The van der Waals surface area contributed by atoms with Gasteiger partial charge in [0.2, 0.25) is 5.91 Å². The maximum Gasteiger partial charge on any atom is 0.241 e. The summed E-state index contributed by atoms with van der Waals surface area (Å²) in [5.41, 5.74) is 0. The van der Waals surface area contributed by atoms with Gasteiger partial charge in [-0.3, -0.25) is 13.9 Å². The van der Waals surface area contributed by atoms with Crippen LogP contribution in [0.1, 0.15) is 13.8 Å². The second-order valence-corrected chi connectivity index (χ2v) is 3.60. The first-order valence-electron chi connectivity index (χ1n) is 2.70. The molecule has 0 aliphatic rings. The zero-order valence-corrected chi connectivity index (χ0v) is 6.68. The maximum absolute atomic E-state index is 10.7. The van der Waals surface area contributed by atoms with Gasteiger partial charge in [-0.1, -0.05) is 24.8 Å². The highest BCUT2D eigenvalue weighted by atomic mass is 32.3. The fourth-order valence-electron chi connectivity index (χ4n) is 0.266. The average Bonchev–Trinajstić information content (AvgIpc) is 1.60. The maximum atomic E-state index is 10.7. The number of hydrogen-bond donors (Lipinski definition) is 4. The SMILES string of the molecule is CC(C)C(=O)NS(N)(O)O. The molecule has 0 spiro atoms. The lowest BCUT2D eigenvalue weighted by Crippen LogP contribution is -2.34. The van der Waals surface area contributed by atoms with E-state index in [1.807, 2.05) is 4.72 Å². The number of rotatable bonds is 2. The Hall–Kier alpha value is -0.300. The molecule has 0 rings (SSSR count). The van der Waals surface area contributed by atoms with Gasteiger partial charge in [0.1, 0.15) is 0 Å². The normalized spacial score (nSPS) is 13.4. The van der Waals surface area contributed by atoms with Crippen LogP contribution in [0.2, 0.25) is 0 Å². The van der Waals surface area contributed by atoms with E-state index in [0.717, 1.165) is 0 Å². The van der Waals surface area contributed by atoms with Crippen molar-refractivity contribution in [2.24, 2.45) is 11.1 Å². The monoisotopic (exact) mass is 168 g/mol. The number of nitrogens with one attached hydrogen (secondary N) is 1. The van der Waals surface area contributed by atoms with Crippen molar-refractivity contribution in [3.05, 3.63) is 0 Å². The second-order valence-electron chi connectivity index (χ2n) is 2.21. The molecular weight excluding hydrogens is 156 g/mol. The zero-order chi connectivity index (χ0) is 8.36. The third-order valence-electron chi connectivity index (χ3n) is 0.775. The Morgan fingerprint density at radius 3 is 2.10 bits per heavy atom. The smallest absolute Gasteiger partial charge is 0.241 e. The minimum absolute atomic E-state index is 0.297. The Kier molecular flexibility index (Phi) is 3.10. The van der Waals surface area contributed by atoms with Gasteiger partial charge in [0.25, 0.3) is 0 Å². The van der Waals surface area contributed by atoms with Gasteiger partial charge in [-0.2, -0.15) is 0 Å². The van der Waals surface area contributed by atoms with Gasteiger partial charge in [-0.25, -0.2) is 9.86 Å². The Morgan fingerprint density at radius 2 is 2.00 bits per heavy atom. The van der Waals surface area contributed by atoms with E-state index in [1.165, 1.54) is 0 Å². The highest BCUT2D eigenvalue weighted by Crippen LogP contribution is 2.21. The van der Waals surface area contributed by atoms with E-state index in [9.17, 15) is 4.79 Å². The molecule has 0 bridgehead atoms. The summed E-state index contributed by atoms with van der Waals surface area (Å²) in [5.74, 6) is -0.766. The predicted octanol–water partition coefficient (Wildman–Crippen LogP) is 0.298. The first-order valence-corrected chi connectivity index (χ1v) is 4.31. The average molecular weight is 168 g/mol. The van der Waals surface area contributed by atoms with E-state index in [-0.39, 0.29) is 5.92 Å². The van der Waals surface area contributed by atoms with Crippen LogP contribution >= 0.6 is 11.0 Å². The fourth-order valence-corrected chi connectivity index (χ4v) is 0.798. The van der Waals surface area contributed by atoms with Crippen molar-refractivity contribution in [1.82, 2.24) is 4.72 Å². The van der Waals surface area contributed by atoms with Gasteiger partial charge >= 0.3 is 0 Å². The molecule has 0 saturated heterocycles. The molecule has 0 fully saturated rings. The highest BCUT2D eigenvalue weighted by Gasteiger charge is 2.12. The predicted molar refractivity (Wildman–Crippen MR) is 40.0 cm³/mol. The molecule has 0 unspecified atom stereocenters. The van der Waals surface area contributed by atoms with E-state index in [0.29, 0.717) is 0 Å². The van der Waals surface area contributed by atoms with Crippen LogP contribution in [-0.4, -0.2) is 15.0 Å². The van der Waals surface area contributed by atoms with Gasteiger partial charge in [-0.15, -0.1) is 0 Å². The quantitative estimate of drug-likeness (QED) is 0.476. The lowest BCUT2D eigenvalue weighted by molar-refractivity contribution is -0.122. The summed E-state index contributed by atoms with van der Waals surface area (Å²) >= 11 is 0. The lowest BCUT2D eigenvalue weighted by Gasteiger charge is -2.27. The lowest BCUT2D eigenvalue weighted by atomic mass is 10.2. The van der Waals surface area contributed by atoms with Crippen LogP contribution in [0.3, 0.4) is 0 Å². The molecule has 6 heteroatoms. The molecule has 0 saturated carbocycles. The number of nitrogens with two attached hydrogens (primary N) is 1. The molecule has 10 heavy (non-hydrogen) atoms. The van der Waals surface area contributed by atoms with Crippen molar-refractivity contribution in [3.63, 3.8) is 0 Å². The van der Waals surface area contributed by atoms with Gasteiger partial charge in [0.05, 0.1) is 0 Å². The van der Waals surface area contributed by atoms with E-state index < -0.39 is 16.9 Å². The van der Waals surface area contributed by atoms with Crippen molar-refractivity contribution in [1.29, 1.82) is 0 Å². The molecule has 0 atom stereocenters. The van der Waals surface area contributed by atoms with E-state index in [4.69, 9.17) is 14.2 Å². The minimum atomic E-state index is -3.37. The minimum Gasteiger partial charge on any atom is -0.273 e. The van der Waals surface area contributed by atoms with Gasteiger partial charge in [0, 0.05) is 5.92 Å². The Bertz CT molecular complexity index is 131. The largest absolute Gasteiger partial charge is 0.273 e. The van der Waals surface area contributed by atoms with E-state index >= 15 is 0 Å². The first-order chi connectivity index (χ1) is 4.33. The summed E-state index contributed by atoms with van der Waals surface area (Å²) < 4.78 is 18.9. The number of carbonyl (C=O) groups excluding carboxylic acids is 1. The van der Waals surface area contributed by atoms with Gasteiger partial charge in [0.15, 0.2) is 0 Å². The summed E-state index contributed by atoms with van der Waals surface area (Å²) in [4.78, 5) is 10.7. The number of carbonyl (C=O) groups is 1. The zero-order valence-electron chi connectivity index (χ0n) is 5.87. The van der Waals surface area contributed by atoms with Crippen LogP contribution < -0.4 is 9.86 Å². The summed E-state index contributed by atoms with van der Waals surface area (Å²) in [5, 5.41) is 4.74. The Morgan fingerprint density at radius 1 is 1.60 bits per heavy atom. The van der Waals surface area contributed by atoms with Crippen LogP contribution in [0, 0.1) is 5.92 Å². The van der Waals surface area contributed by atoms with Crippen LogP contribution in [0.25, 0.3) is 0 Å². The third-order valence-corrected chi connectivity index (χ3v) is 1.28. The molecule has 0 aliphatic carbocycles. The molecule has 0 aromatic carbocycles. The van der Waals surface area contributed by atoms with Crippen molar-refractivity contribution in [2.45, 2.75) is 13.8 Å². The second kappa shape index (κ2) is 3.20. The topological polar surface area (TPSA) is 95.6 Å². The third kappa shape index (κ3) is 4.57. The summed E-state index contributed by atoms with van der Waals surface area (Å²) in [6.07, 6.45) is 0. The van der Waals surface area contributed by atoms with Crippen LogP contribution in [0.4, 0.5) is 0 Å². The van der Waals surface area contributed by atoms with Crippen molar-refractivity contribution < 1.29 is 13.9 Å². The molecule has 5 N–H and O–H groups in total. The first kappa shape index (κ1) is 9.70. The van der Waals surface area contributed by atoms with Crippen LogP contribution in [0.5, 0.6) is 0 Å². The van der Waals surface area contributed by atoms with Crippen LogP contribution in [0.15, 0.2) is 0 Å². The number of hydrogen-bond acceptors (Lipinski definition) is 4. The van der Waals surface area contributed by atoms with Crippen molar-refractivity contribution in [3.8, 4) is 0 Å². The summed E-state index contributed by atoms with van der Waals surface area (Å²) in [6, 6.07) is 0. The highest BCUT2D eigenvalue weighted by molar-refractivity contribution is 8.21. The van der Waals surface area contributed by atoms with Gasteiger partial charge < -0.3 is 0 Å². The molecule has 0 aliphatic heterocycles. The standard InChI is InChI=1S/C4H12N2O3S/c1-3(2)4(7)6-10(5,8)9/h3,8-9H,5H2,1-2H3,(H,6,7). The van der Waals surface area contributed by atoms with Crippen molar-refractivity contribution in [2.75, 3.05) is 0 Å². The fraction of sp³-hybridized carbons (Fsp3) is 0.750.